The second-order valence-electron chi connectivity index (χ2n) is 3.03. The number of nitrogens with one attached hydrogen (secondary N) is 2. The monoisotopic (exact) mass is 249 g/mol. The maximum absolute atomic E-state index is 11.8. The van der Waals surface area contributed by atoms with Crippen molar-refractivity contribution in [3.8, 4) is 5.75 Å². The quantitative estimate of drug-likeness (QED) is 0.433. The summed E-state index contributed by atoms with van der Waals surface area (Å²) < 4.78 is 40.0. The molecule has 0 aromatic heterocycles. The molecule has 8 heteroatoms. The van der Waals surface area contributed by atoms with E-state index in [1.165, 1.54) is 24.3 Å². The van der Waals surface area contributed by atoms with E-state index in [2.05, 4.69) is 10.1 Å². The minimum atomic E-state index is -4.38. The van der Waals surface area contributed by atoms with Crippen molar-refractivity contribution in [2.24, 2.45) is 5.84 Å². The highest BCUT2D eigenvalue weighted by Crippen LogP contribution is 2.20. The molecule has 0 unspecified atom stereocenters. The van der Waals surface area contributed by atoms with E-state index in [1.54, 1.807) is 0 Å². The van der Waals surface area contributed by atoms with E-state index in [-0.39, 0.29) is 5.75 Å². The van der Waals surface area contributed by atoms with Crippen LogP contribution in [0.2, 0.25) is 0 Å². The first-order chi connectivity index (χ1) is 7.90. The number of hydrazine groups is 1. The Morgan fingerprint density at radius 3 is 2.35 bits per heavy atom. The highest BCUT2D eigenvalue weighted by atomic mass is 19.4. The molecule has 1 aromatic carbocycles. The first kappa shape index (κ1) is 13.1. The first-order valence-electron chi connectivity index (χ1n) is 4.48. The van der Waals surface area contributed by atoms with Gasteiger partial charge in [0.25, 0.3) is 0 Å². The maximum Gasteiger partial charge on any atom is 0.422 e. The standard InChI is InChI=1S/C9H10F3N3O2/c10-9(11,12)5-17-7-3-1-6(2-4-7)14-8(16)15-13/h1-4H,5,13H2,(H2,14,15,16). The van der Waals surface area contributed by atoms with Crippen LogP contribution in [0, 0.1) is 0 Å². The Kier molecular flexibility index (Phi) is 4.16. The van der Waals surface area contributed by atoms with Gasteiger partial charge in [-0.1, -0.05) is 0 Å². The van der Waals surface area contributed by atoms with E-state index in [4.69, 9.17) is 5.84 Å². The van der Waals surface area contributed by atoms with Crippen LogP contribution >= 0.6 is 0 Å². The molecule has 0 aliphatic heterocycles. The molecular formula is C9H10F3N3O2. The molecule has 0 aliphatic carbocycles. The highest BCUT2D eigenvalue weighted by Gasteiger charge is 2.28. The number of rotatable bonds is 3. The van der Waals surface area contributed by atoms with E-state index in [0.717, 1.165) is 0 Å². The number of hydrogen-bond acceptors (Lipinski definition) is 3. The number of anilines is 1. The lowest BCUT2D eigenvalue weighted by atomic mass is 10.3. The molecule has 4 N–H and O–H groups in total. The van der Waals surface area contributed by atoms with E-state index in [1.807, 2.05) is 5.43 Å². The van der Waals surface area contributed by atoms with Gasteiger partial charge < -0.3 is 10.1 Å². The van der Waals surface area contributed by atoms with E-state index in [0.29, 0.717) is 5.69 Å². The summed E-state index contributed by atoms with van der Waals surface area (Å²) in [5.41, 5.74) is 2.22. The van der Waals surface area contributed by atoms with Gasteiger partial charge >= 0.3 is 12.2 Å². The summed E-state index contributed by atoms with van der Waals surface area (Å²) in [7, 11) is 0. The van der Waals surface area contributed by atoms with Crippen LogP contribution in [-0.4, -0.2) is 18.8 Å². The Morgan fingerprint density at radius 2 is 1.88 bits per heavy atom. The van der Waals surface area contributed by atoms with Crippen LogP contribution in [0.5, 0.6) is 5.75 Å². The number of nitrogens with two attached hydrogens (primary N) is 1. The van der Waals surface area contributed by atoms with Crippen LogP contribution in [-0.2, 0) is 0 Å². The number of carbonyl (C=O) groups is 1. The van der Waals surface area contributed by atoms with E-state index >= 15 is 0 Å². The number of halogens is 3. The molecule has 5 nitrogen and oxygen atoms in total. The third-order valence-corrected chi connectivity index (χ3v) is 1.65. The number of amides is 2. The lowest BCUT2D eigenvalue weighted by Gasteiger charge is -2.09. The highest BCUT2D eigenvalue weighted by molar-refractivity contribution is 5.88. The van der Waals surface area contributed by atoms with Gasteiger partial charge in [-0.2, -0.15) is 13.2 Å². The summed E-state index contributed by atoms with van der Waals surface area (Å²) in [4.78, 5) is 10.8. The Bertz CT molecular complexity index is 378. The van der Waals surface area contributed by atoms with Crippen LogP contribution in [0.1, 0.15) is 0 Å². The predicted octanol–water partition coefficient (Wildman–Crippen LogP) is 1.62. The Morgan fingerprint density at radius 1 is 1.29 bits per heavy atom. The average molecular weight is 249 g/mol. The summed E-state index contributed by atoms with van der Waals surface area (Å²) in [6.45, 7) is -1.36. The van der Waals surface area contributed by atoms with Crippen molar-refractivity contribution in [1.29, 1.82) is 0 Å². The smallest absolute Gasteiger partial charge is 0.422 e. The SMILES string of the molecule is NNC(=O)Nc1ccc(OCC(F)(F)F)cc1. The molecule has 17 heavy (non-hydrogen) atoms. The van der Waals surface area contributed by atoms with Gasteiger partial charge in [-0.3, -0.25) is 5.43 Å². The van der Waals surface area contributed by atoms with E-state index < -0.39 is 18.8 Å². The van der Waals surface area contributed by atoms with Gasteiger partial charge in [0.15, 0.2) is 6.61 Å². The van der Waals surface area contributed by atoms with Crippen molar-refractivity contribution in [3.05, 3.63) is 24.3 Å². The summed E-state index contributed by atoms with van der Waals surface area (Å²) in [5.74, 6) is 4.89. The van der Waals surface area contributed by atoms with Crippen molar-refractivity contribution < 1.29 is 22.7 Å². The third kappa shape index (κ3) is 5.07. The molecule has 0 saturated heterocycles. The third-order valence-electron chi connectivity index (χ3n) is 1.65. The fraction of sp³-hybridized carbons (Fsp3) is 0.222. The van der Waals surface area contributed by atoms with Gasteiger partial charge in [0.1, 0.15) is 5.75 Å². The summed E-state index contributed by atoms with van der Waals surface area (Å²) in [5, 5.41) is 2.34. The van der Waals surface area contributed by atoms with Crippen LogP contribution in [0.4, 0.5) is 23.7 Å². The Labute approximate surface area is 94.7 Å². The van der Waals surface area contributed by atoms with Crippen molar-refractivity contribution in [2.45, 2.75) is 6.18 Å². The number of benzene rings is 1. The number of carbonyl (C=O) groups excluding carboxylic acids is 1. The Balaban J connectivity index is 2.53. The fourth-order valence-electron chi connectivity index (χ4n) is 0.967. The predicted molar refractivity (Wildman–Crippen MR) is 54.3 cm³/mol. The van der Waals surface area contributed by atoms with E-state index in [9.17, 15) is 18.0 Å². The molecular weight excluding hydrogens is 239 g/mol. The molecule has 0 atom stereocenters. The molecule has 0 radical (unpaired) electrons. The second-order valence-corrected chi connectivity index (χ2v) is 3.03. The minimum Gasteiger partial charge on any atom is -0.484 e. The van der Waals surface area contributed by atoms with Gasteiger partial charge in [-0.05, 0) is 24.3 Å². The van der Waals surface area contributed by atoms with Crippen molar-refractivity contribution in [3.63, 3.8) is 0 Å². The zero-order chi connectivity index (χ0) is 12.9. The molecule has 0 bridgehead atoms. The summed E-state index contributed by atoms with van der Waals surface area (Å²) in [6, 6.07) is 4.76. The molecule has 1 aromatic rings. The van der Waals surface area contributed by atoms with Crippen LogP contribution in [0.25, 0.3) is 0 Å². The van der Waals surface area contributed by atoms with Crippen molar-refractivity contribution >= 4 is 11.7 Å². The zero-order valence-electron chi connectivity index (χ0n) is 8.54. The number of hydrogen-bond donors (Lipinski definition) is 3. The number of urea groups is 1. The van der Waals surface area contributed by atoms with Gasteiger partial charge in [-0.15, -0.1) is 0 Å². The summed E-state index contributed by atoms with van der Waals surface area (Å²) in [6.07, 6.45) is -4.38. The van der Waals surface area contributed by atoms with Crippen LogP contribution < -0.4 is 21.3 Å². The molecule has 0 aliphatic rings. The first-order valence-corrected chi connectivity index (χ1v) is 4.48. The zero-order valence-corrected chi connectivity index (χ0v) is 8.54. The van der Waals surface area contributed by atoms with Gasteiger partial charge in [0.2, 0.25) is 0 Å². The molecule has 0 saturated carbocycles. The van der Waals surface area contributed by atoms with Crippen LogP contribution in [0.3, 0.4) is 0 Å². The number of alkyl halides is 3. The van der Waals surface area contributed by atoms with Crippen molar-refractivity contribution in [1.82, 2.24) is 5.43 Å². The van der Waals surface area contributed by atoms with Gasteiger partial charge in [0.05, 0.1) is 0 Å². The number of ether oxygens (including phenoxy) is 1. The topological polar surface area (TPSA) is 76.4 Å². The lowest BCUT2D eigenvalue weighted by molar-refractivity contribution is -0.153. The molecule has 2 amide bonds. The lowest BCUT2D eigenvalue weighted by Crippen LogP contribution is -2.34. The molecule has 94 valence electrons. The minimum absolute atomic E-state index is 0.0565. The maximum atomic E-state index is 11.8. The Hall–Kier alpha value is -1.96. The molecule has 0 heterocycles. The normalized spacial score (nSPS) is 10.8. The second kappa shape index (κ2) is 5.39. The molecule has 1 rings (SSSR count). The average Bonchev–Trinajstić information content (AvgIpc) is 2.27. The van der Waals surface area contributed by atoms with Crippen molar-refractivity contribution in [2.75, 3.05) is 11.9 Å². The molecule has 0 fully saturated rings. The van der Waals surface area contributed by atoms with Crippen LogP contribution in [0.15, 0.2) is 24.3 Å². The largest absolute Gasteiger partial charge is 0.484 e. The van der Waals surface area contributed by atoms with Gasteiger partial charge in [-0.25, -0.2) is 10.6 Å². The van der Waals surface area contributed by atoms with Gasteiger partial charge in [0, 0.05) is 5.69 Å². The molecule has 0 spiro atoms. The fourth-order valence-corrected chi connectivity index (χ4v) is 0.967. The summed E-state index contributed by atoms with van der Waals surface area (Å²) >= 11 is 0.